The van der Waals surface area contributed by atoms with Crippen molar-refractivity contribution >= 4 is 17.7 Å². The Morgan fingerprint density at radius 3 is 2.33 bits per heavy atom. The Labute approximate surface area is 179 Å². The summed E-state index contributed by atoms with van der Waals surface area (Å²) in [5.74, 6) is 0.115. The molecular weight excluding hydrogens is 380 g/mol. The maximum atomic E-state index is 13.2. The normalized spacial score (nSPS) is 20.6. The Morgan fingerprint density at radius 2 is 1.63 bits per heavy atom. The zero-order valence-corrected chi connectivity index (χ0v) is 18.5. The van der Waals surface area contributed by atoms with E-state index in [0.717, 1.165) is 31.4 Å². The first-order chi connectivity index (χ1) is 14.3. The summed E-state index contributed by atoms with van der Waals surface area (Å²) in [6.07, 6.45) is 2.55. The molecule has 1 aromatic rings. The van der Waals surface area contributed by atoms with E-state index in [4.69, 9.17) is 0 Å². The highest BCUT2D eigenvalue weighted by Gasteiger charge is 2.32. The molecule has 1 aromatic carbocycles. The lowest BCUT2D eigenvalue weighted by Crippen LogP contribution is -2.47. The zero-order chi connectivity index (χ0) is 21.7. The van der Waals surface area contributed by atoms with Gasteiger partial charge in [-0.3, -0.25) is 19.3 Å². The fraction of sp³-hybridized carbons (Fsp3) is 0.609. The average molecular weight is 415 g/mol. The minimum absolute atomic E-state index is 0.0109. The molecular formula is C23H34N4O3. The number of hydrogen-bond acceptors (Lipinski definition) is 4. The smallest absolute Gasteiger partial charge is 0.253 e. The molecule has 7 heteroatoms. The average Bonchev–Trinajstić information content (AvgIpc) is 2.99. The fourth-order valence-corrected chi connectivity index (χ4v) is 4.18. The first kappa shape index (κ1) is 22.3. The lowest BCUT2D eigenvalue weighted by Gasteiger charge is -2.35. The van der Waals surface area contributed by atoms with Crippen molar-refractivity contribution in [2.75, 3.05) is 59.9 Å². The molecule has 2 heterocycles. The molecule has 3 rings (SSSR count). The van der Waals surface area contributed by atoms with E-state index in [-0.39, 0.29) is 23.6 Å². The van der Waals surface area contributed by atoms with Crippen LogP contribution in [0.25, 0.3) is 0 Å². The van der Waals surface area contributed by atoms with Crippen molar-refractivity contribution in [3.05, 3.63) is 35.4 Å². The fourth-order valence-electron chi connectivity index (χ4n) is 4.18. The van der Waals surface area contributed by atoms with Gasteiger partial charge in [0, 0.05) is 58.9 Å². The maximum absolute atomic E-state index is 13.2. The van der Waals surface area contributed by atoms with Gasteiger partial charge >= 0.3 is 0 Å². The summed E-state index contributed by atoms with van der Waals surface area (Å²) in [6, 6.07) is 7.62. The molecule has 0 spiro atoms. The van der Waals surface area contributed by atoms with Crippen molar-refractivity contribution in [2.45, 2.75) is 26.2 Å². The number of carbonyl (C=O) groups excluding carboxylic acids is 3. The number of hydrogen-bond donors (Lipinski definition) is 0. The van der Waals surface area contributed by atoms with E-state index >= 15 is 0 Å². The number of likely N-dealkylation sites (tertiary alicyclic amines) is 1. The SMILES string of the molecule is Cc1ccc(C(=O)N2CCCC(C(=O)N3CCCN(CC(=O)N(C)C)CC3)C2)cc1. The second kappa shape index (κ2) is 10.1. The summed E-state index contributed by atoms with van der Waals surface area (Å²) in [7, 11) is 3.53. The van der Waals surface area contributed by atoms with Crippen LogP contribution in [0.3, 0.4) is 0 Å². The van der Waals surface area contributed by atoms with E-state index in [1.54, 1.807) is 19.0 Å². The van der Waals surface area contributed by atoms with Gasteiger partial charge in [-0.15, -0.1) is 0 Å². The number of rotatable bonds is 4. The lowest BCUT2D eigenvalue weighted by molar-refractivity contribution is -0.136. The molecule has 30 heavy (non-hydrogen) atoms. The van der Waals surface area contributed by atoms with E-state index in [0.29, 0.717) is 44.8 Å². The molecule has 1 unspecified atom stereocenters. The minimum atomic E-state index is -0.136. The zero-order valence-electron chi connectivity index (χ0n) is 18.5. The molecule has 2 saturated heterocycles. The van der Waals surface area contributed by atoms with Crippen LogP contribution in [0.2, 0.25) is 0 Å². The van der Waals surface area contributed by atoms with Gasteiger partial charge < -0.3 is 14.7 Å². The van der Waals surface area contributed by atoms with Gasteiger partial charge in [0.15, 0.2) is 0 Å². The molecule has 3 amide bonds. The Kier molecular flexibility index (Phi) is 7.48. The monoisotopic (exact) mass is 414 g/mol. The molecule has 0 saturated carbocycles. The number of nitrogens with zero attached hydrogens (tertiary/aromatic N) is 4. The molecule has 0 aromatic heterocycles. The quantitative estimate of drug-likeness (QED) is 0.749. The largest absolute Gasteiger partial charge is 0.348 e. The third-order valence-corrected chi connectivity index (χ3v) is 6.11. The molecule has 164 valence electrons. The predicted molar refractivity (Wildman–Crippen MR) is 116 cm³/mol. The van der Waals surface area contributed by atoms with Crippen LogP contribution in [0.15, 0.2) is 24.3 Å². The maximum Gasteiger partial charge on any atom is 0.253 e. The highest BCUT2D eigenvalue weighted by atomic mass is 16.2. The van der Waals surface area contributed by atoms with E-state index in [1.807, 2.05) is 41.0 Å². The van der Waals surface area contributed by atoms with Crippen LogP contribution in [0.1, 0.15) is 35.2 Å². The van der Waals surface area contributed by atoms with Gasteiger partial charge in [-0.2, -0.15) is 0 Å². The second-order valence-corrected chi connectivity index (χ2v) is 8.70. The van der Waals surface area contributed by atoms with Crippen LogP contribution in [0, 0.1) is 12.8 Å². The summed E-state index contributed by atoms with van der Waals surface area (Å²) in [5.41, 5.74) is 1.81. The standard InChI is InChI=1S/C23H34N4O3/c1-18-7-9-19(10-8-18)22(29)27-12-4-6-20(16-27)23(30)26-13-5-11-25(14-15-26)17-21(28)24(2)3/h7-10,20H,4-6,11-17H2,1-3H3. The predicted octanol–water partition coefficient (Wildman–Crippen LogP) is 1.47. The van der Waals surface area contributed by atoms with Gasteiger partial charge in [0.05, 0.1) is 12.5 Å². The first-order valence-corrected chi connectivity index (χ1v) is 10.9. The van der Waals surface area contributed by atoms with E-state index in [2.05, 4.69) is 4.90 Å². The number of amides is 3. The number of aryl methyl sites for hydroxylation is 1. The second-order valence-electron chi connectivity index (χ2n) is 8.70. The summed E-state index contributed by atoms with van der Waals surface area (Å²) >= 11 is 0. The highest BCUT2D eigenvalue weighted by molar-refractivity contribution is 5.94. The molecule has 2 aliphatic heterocycles. The topological polar surface area (TPSA) is 64.2 Å². The van der Waals surface area contributed by atoms with Gasteiger partial charge in [0.25, 0.3) is 5.91 Å². The number of carbonyl (C=O) groups is 3. The Balaban J connectivity index is 1.56. The summed E-state index contributed by atoms with van der Waals surface area (Å²) < 4.78 is 0. The third-order valence-electron chi connectivity index (χ3n) is 6.11. The summed E-state index contributed by atoms with van der Waals surface area (Å²) in [5, 5.41) is 0. The van der Waals surface area contributed by atoms with Crippen LogP contribution < -0.4 is 0 Å². The van der Waals surface area contributed by atoms with E-state index in [1.165, 1.54) is 0 Å². The number of benzene rings is 1. The van der Waals surface area contributed by atoms with Crippen LogP contribution in [0.4, 0.5) is 0 Å². The molecule has 2 fully saturated rings. The van der Waals surface area contributed by atoms with Gasteiger partial charge in [-0.05, 0) is 38.3 Å². The third kappa shape index (κ3) is 5.59. The summed E-state index contributed by atoms with van der Waals surface area (Å²) in [6.45, 7) is 6.49. The van der Waals surface area contributed by atoms with Gasteiger partial charge in [-0.1, -0.05) is 17.7 Å². The molecule has 0 aliphatic carbocycles. The van der Waals surface area contributed by atoms with Gasteiger partial charge in [0.2, 0.25) is 11.8 Å². The van der Waals surface area contributed by atoms with Crippen LogP contribution >= 0.6 is 0 Å². The molecule has 2 aliphatic rings. The highest BCUT2D eigenvalue weighted by Crippen LogP contribution is 2.22. The van der Waals surface area contributed by atoms with Crippen LogP contribution in [-0.4, -0.2) is 97.2 Å². The van der Waals surface area contributed by atoms with Gasteiger partial charge in [0.1, 0.15) is 0 Å². The molecule has 0 radical (unpaired) electrons. The number of likely N-dealkylation sites (N-methyl/N-ethyl adjacent to an activating group) is 1. The van der Waals surface area contributed by atoms with E-state index in [9.17, 15) is 14.4 Å². The van der Waals surface area contributed by atoms with Crippen molar-refractivity contribution in [1.29, 1.82) is 0 Å². The van der Waals surface area contributed by atoms with E-state index < -0.39 is 0 Å². The minimum Gasteiger partial charge on any atom is -0.348 e. The van der Waals surface area contributed by atoms with Crippen LogP contribution in [0.5, 0.6) is 0 Å². The van der Waals surface area contributed by atoms with Gasteiger partial charge in [-0.25, -0.2) is 0 Å². The van der Waals surface area contributed by atoms with Crippen molar-refractivity contribution in [3.8, 4) is 0 Å². The summed E-state index contributed by atoms with van der Waals surface area (Å²) in [4.78, 5) is 45.5. The Hall–Kier alpha value is -2.41. The Morgan fingerprint density at radius 1 is 0.933 bits per heavy atom. The molecule has 7 nitrogen and oxygen atoms in total. The Bertz CT molecular complexity index is 762. The van der Waals surface area contributed by atoms with Crippen molar-refractivity contribution in [3.63, 3.8) is 0 Å². The van der Waals surface area contributed by atoms with Crippen LogP contribution in [-0.2, 0) is 9.59 Å². The molecule has 0 N–H and O–H groups in total. The van der Waals surface area contributed by atoms with Crippen molar-refractivity contribution in [1.82, 2.24) is 19.6 Å². The lowest BCUT2D eigenvalue weighted by atomic mass is 9.95. The van der Waals surface area contributed by atoms with Crippen molar-refractivity contribution < 1.29 is 14.4 Å². The van der Waals surface area contributed by atoms with Crippen molar-refractivity contribution in [2.24, 2.45) is 5.92 Å². The molecule has 1 atom stereocenters. The first-order valence-electron chi connectivity index (χ1n) is 10.9. The number of piperidine rings is 1. The molecule has 0 bridgehead atoms.